The number of aromatic nitrogens is 1. The number of methoxy groups -OCH3 is 1. The van der Waals surface area contributed by atoms with Gasteiger partial charge < -0.3 is 4.74 Å². The second-order valence-corrected chi connectivity index (χ2v) is 4.25. The fraction of sp³-hybridized carbons (Fsp3) is 0.0625. The van der Waals surface area contributed by atoms with Gasteiger partial charge in [0.05, 0.1) is 18.3 Å². The molecule has 0 saturated heterocycles. The summed E-state index contributed by atoms with van der Waals surface area (Å²) in [5, 5.41) is 12.7. The average Bonchev–Trinajstić information content (AvgIpc) is 2.47. The summed E-state index contributed by atoms with van der Waals surface area (Å²) in [6.45, 7) is 0. The third-order valence-corrected chi connectivity index (χ3v) is 3.05. The number of ether oxygens (including phenoxy) is 1. The molecule has 3 rings (SSSR count). The molecule has 0 unspecified atom stereocenters. The molecule has 0 aliphatic heterocycles. The van der Waals surface area contributed by atoms with E-state index in [9.17, 15) is 5.11 Å². The molecule has 1 aromatic heterocycles. The van der Waals surface area contributed by atoms with Crippen molar-refractivity contribution in [1.82, 2.24) is 4.98 Å². The number of rotatable bonds is 2. The normalized spacial score (nSPS) is 10.6. The Labute approximate surface area is 111 Å². The minimum Gasteiger partial charge on any atom is -0.497 e. The molecule has 0 aliphatic rings. The van der Waals surface area contributed by atoms with Gasteiger partial charge in [0, 0.05) is 23.1 Å². The zero-order chi connectivity index (χ0) is 13.2. The van der Waals surface area contributed by atoms with E-state index in [0.29, 0.717) is 22.3 Å². The van der Waals surface area contributed by atoms with E-state index in [1.54, 1.807) is 31.4 Å². The highest BCUT2D eigenvalue weighted by molar-refractivity contribution is 5.88. The van der Waals surface area contributed by atoms with Crippen LogP contribution in [-0.4, -0.2) is 12.1 Å². The maximum atomic E-state index is 12.1. The van der Waals surface area contributed by atoms with Gasteiger partial charge in [-0.25, -0.2) is 4.98 Å². The van der Waals surface area contributed by atoms with Gasteiger partial charge in [0.15, 0.2) is 5.75 Å². The lowest BCUT2D eigenvalue weighted by Crippen LogP contribution is -1.88. The molecule has 0 N–H and O–H groups in total. The number of nitrogens with zero attached hydrogens (tertiary/aromatic N) is 1. The van der Waals surface area contributed by atoms with Crippen LogP contribution in [0, 0.1) is 0 Å². The van der Waals surface area contributed by atoms with Gasteiger partial charge in [-0.3, -0.25) is 5.11 Å². The Kier molecular flexibility index (Phi) is 2.80. The van der Waals surface area contributed by atoms with E-state index in [1.165, 1.54) is 0 Å². The molecule has 3 aromatic rings. The SMILES string of the molecule is COc1ccc2c([O])cc(-c3ccccc3)nc2c1. The summed E-state index contributed by atoms with van der Waals surface area (Å²) in [5.41, 5.74) is 2.28. The summed E-state index contributed by atoms with van der Waals surface area (Å²) in [4.78, 5) is 4.53. The van der Waals surface area contributed by atoms with E-state index in [1.807, 2.05) is 30.3 Å². The summed E-state index contributed by atoms with van der Waals surface area (Å²) < 4.78 is 5.17. The lowest BCUT2D eigenvalue weighted by atomic mass is 10.1. The molecule has 3 nitrogen and oxygen atoms in total. The number of hydrogen-bond donors (Lipinski definition) is 0. The van der Waals surface area contributed by atoms with E-state index in [2.05, 4.69) is 4.98 Å². The summed E-state index contributed by atoms with van der Waals surface area (Å²) in [5.74, 6) is 0.677. The topological polar surface area (TPSA) is 42.0 Å². The monoisotopic (exact) mass is 250 g/mol. The van der Waals surface area contributed by atoms with Gasteiger partial charge in [-0.15, -0.1) is 0 Å². The first-order chi connectivity index (χ1) is 9.28. The van der Waals surface area contributed by atoms with Gasteiger partial charge in [-0.2, -0.15) is 0 Å². The van der Waals surface area contributed by atoms with Crippen LogP contribution in [0.5, 0.6) is 11.5 Å². The molecule has 0 aliphatic carbocycles. The van der Waals surface area contributed by atoms with E-state index in [4.69, 9.17) is 4.74 Å². The fourth-order valence-electron chi connectivity index (χ4n) is 2.06. The molecule has 1 heterocycles. The third kappa shape index (κ3) is 2.10. The van der Waals surface area contributed by atoms with Crippen LogP contribution in [0.1, 0.15) is 0 Å². The highest BCUT2D eigenvalue weighted by Gasteiger charge is 2.08. The van der Waals surface area contributed by atoms with Crippen LogP contribution in [0.2, 0.25) is 0 Å². The van der Waals surface area contributed by atoms with Crippen LogP contribution < -0.4 is 4.74 Å². The summed E-state index contributed by atoms with van der Waals surface area (Å²) >= 11 is 0. The largest absolute Gasteiger partial charge is 0.497 e. The van der Waals surface area contributed by atoms with Crippen molar-refractivity contribution in [2.24, 2.45) is 0 Å². The fourth-order valence-corrected chi connectivity index (χ4v) is 2.06. The van der Waals surface area contributed by atoms with Crippen LogP contribution in [0.25, 0.3) is 22.2 Å². The average molecular weight is 250 g/mol. The highest BCUT2D eigenvalue weighted by Crippen LogP contribution is 2.31. The smallest absolute Gasteiger partial charge is 0.190 e. The summed E-state index contributed by atoms with van der Waals surface area (Å²) in [7, 11) is 1.60. The molecular formula is C16H12NO2. The molecule has 1 radical (unpaired) electrons. The summed E-state index contributed by atoms with van der Waals surface area (Å²) in [6.07, 6.45) is 0. The van der Waals surface area contributed by atoms with E-state index >= 15 is 0 Å². The Balaban J connectivity index is 2.23. The van der Waals surface area contributed by atoms with Gasteiger partial charge in [0.25, 0.3) is 0 Å². The van der Waals surface area contributed by atoms with E-state index in [-0.39, 0.29) is 5.75 Å². The number of hydrogen-bond acceptors (Lipinski definition) is 2. The lowest BCUT2D eigenvalue weighted by Gasteiger charge is -2.06. The maximum absolute atomic E-state index is 12.1. The Morgan fingerprint density at radius 1 is 1.00 bits per heavy atom. The standard InChI is InChI=1S/C16H12NO2/c1-19-12-7-8-13-15(9-12)17-14(10-16(13)18)11-5-3-2-4-6-11/h2-10H,1H3. The van der Waals surface area contributed by atoms with Gasteiger partial charge in [-0.05, 0) is 12.1 Å². The molecule has 0 spiro atoms. The van der Waals surface area contributed by atoms with Crippen molar-refractivity contribution >= 4 is 10.9 Å². The predicted octanol–water partition coefficient (Wildman–Crippen LogP) is 4.05. The molecule has 2 aromatic carbocycles. The number of pyridine rings is 1. The van der Waals surface area contributed by atoms with Gasteiger partial charge in [-0.1, -0.05) is 30.3 Å². The molecule has 0 bridgehead atoms. The first kappa shape index (κ1) is 11.5. The van der Waals surface area contributed by atoms with Crippen molar-refractivity contribution in [3.05, 3.63) is 54.6 Å². The van der Waals surface area contributed by atoms with Crippen molar-refractivity contribution in [3.8, 4) is 22.8 Å². The molecular weight excluding hydrogens is 238 g/mol. The zero-order valence-electron chi connectivity index (χ0n) is 10.5. The molecule has 93 valence electrons. The molecule has 0 atom stereocenters. The van der Waals surface area contributed by atoms with Crippen LogP contribution in [-0.2, 0) is 5.11 Å². The second-order valence-electron chi connectivity index (χ2n) is 4.25. The number of fused-ring (bicyclic) bond motifs is 1. The minimum absolute atomic E-state index is 0.0218. The Bertz CT molecular complexity index is 723. The Hall–Kier alpha value is -2.55. The van der Waals surface area contributed by atoms with E-state index < -0.39 is 0 Å². The van der Waals surface area contributed by atoms with E-state index in [0.717, 1.165) is 5.56 Å². The second kappa shape index (κ2) is 4.61. The third-order valence-electron chi connectivity index (χ3n) is 3.05. The maximum Gasteiger partial charge on any atom is 0.190 e. The van der Waals surface area contributed by atoms with Crippen molar-refractivity contribution in [3.63, 3.8) is 0 Å². The van der Waals surface area contributed by atoms with Crippen LogP contribution in [0.3, 0.4) is 0 Å². The quantitative estimate of drug-likeness (QED) is 0.688. The highest BCUT2D eigenvalue weighted by atomic mass is 16.5. The Morgan fingerprint density at radius 3 is 2.53 bits per heavy atom. The van der Waals surface area contributed by atoms with Crippen LogP contribution in [0.4, 0.5) is 0 Å². The number of benzene rings is 2. The minimum atomic E-state index is -0.0218. The van der Waals surface area contributed by atoms with Crippen molar-refractivity contribution in [2.45, 2.75) is 0 Å². The van der Waals surface area contributed by atoms with Crippen molar-refractivity contribution < 1.29 is 9.84 Å². The van der Waals surface area contributed by atoms with Crippen LogP contribution >= 0.6 is 0 Å². The molecule has 3 heteroatoms. The first-order valence-electron chi connectivity index (χ1n) is 5.99. The molecule has 19 heavy (non-hydrogen) atoms. The first-order valence-corrected chi connectivity index (χ1v) is 5.99. The predicted molar refractivity (Wildman–Crippen MR) is 73.9 cm³/mol. The van der Waals surface area contributed by atoms with Gasteiger partial charge in [0.2, 0.25) is 0 Å². The van der Waals surface area contributed by atoms with Crippen LogP contribution in [0.15, 0.2) is 54.6 Å². The zero-order valence-corrected chi connectivity index (χ0v) is 10.5. The van der Waals surface area contributed by atoms with Crippen molar-refractivity contribution in [2.75, 3.05) is 7.11 Å². The summed E-state index contributed by atoms with van der Waals surface area (Å²) in [6, 6.07) is 16.5. The van der Waals surface area contributed by atoms with Gasteiger partial charge in [0.1, 0.15) is 5.75 Å². The molecule has 0 saturated carbocycles. The molecule has 0 fully saturated rings. The lowest BCUT2D eigenvalue weighted by molar-refractivity contribution is 0.360. The molecule has 0 amide bonds. The Morgan fingerprint density at radius 2 is 1.79 bits per heavy atom. The van der Waals surface area contributed by atoms with Gasteiger partial charge >= 0.3 is 0 Å². The van der Waals surface area contributed by atoms with Crippen molar-refractivity contribution in [1.29, 1.82) is 0 Å².